The molecule has 22 heavy (non-hydrogen) atoms. The first-order chi connectivity index (χ1) is 10.6. The Morgan fingerprint density at radius 3 is 2.50 bits per heavy atom. The number of aromatic amines is 1. The third kappa shape index (κ3) is 2.56. The summed E-state index contributed by atoms with van der Waals surface area (Å²) < 4.78 is 0.255. The minimum Gasteiger partial charge on any atom is -0.348 e. The van der Waals surface area contributed by atoms with Crippen LogP contribution in [-0.2, 0) is 0 Å². The number of piperazine rings is 1. The van der Waals surface area contributed by atoms with Gasteiger partial charge in [-0.05, 0) is 26.0 Å². The van der Waals surface area contributed by atoms with Gasteiger partial charge < -0.3 is 14.8 Å². The number of anilines is 1. The molecule has 6 heteroatoms. The van der Waals surface area contributed by atoms with Crippen LogP contribution in [0, 0.1) is 0 Å². The highest BCUT2D eigenvalue weighted by Crippen LogP contribution is 2.33. The Hall–Kier alpha value is -1.69. The van der Waals surface area contributed by atoms with Gasteiger partial charge in [-0.1, -0.05) is 23.9 Å². The summed E-state index contributed by atoms with van der Waals surface area (Å²) >= 11 is 1.91. The molecule has 1 fully saturated rings. The summed E-state index contributed by atoms with van der Waals surface area (Å²) in [6.45, 7) is 9.45. The number of para-hydroxylation sites is 2. The second-order valence-corrected chi connectivity index (χ2v) is 8.19. The molecule has 0 bridgehead atoms. The smallest absolute Gasteiger partial charge is 0.203 e. The normalized spacial score (nSPS) is 21.5. The number of nitrogens with zero attached hydrogens (tertiary/aromatic N) is 4. The number of nitrogens with one attached hydrogen (secondary N) is 1. The van der Waals surface area contributed by atoms with Crippen molar-refractivity contribution in [2.45, 2.75) is 18.6 Å². The maximum atomic E-state index is 4.71. The molecule has 1 aromatic heterocycles. The summed E-state index contributed by atoms with van der Waals surface area (Å²) in [6, 6.07) is 8.20. The summed E-state index contributed by atoms with van der Waals surface area (Å²) in [4.78, 5) is 17.6. The van der Waals surface area contributed by atoms with Crippen molar-refractivity contribution in [3.05, 3.63) is 24.3 Å². The van der Waals surface area contributed by atoms with Crippen LogP contribution < -0.4 is 4.90 Å². The molecule has 116 valence electrons. The molecule has 1 N–H and O–H groups in total. The van der Waals surface area contributed by atoms with Gasteiger partial charge in [0.1, 0.15) is 0 Å². The summed E-state index contributed by atoms with van der Waals surface area (Å²) in [6.07, 6.45) is 0. The number of aliphatic imine (C=N–C) groups is 1. The van der Waals surface area contributed by atoms with Crippen molar-refractivity contribution in [2.24, 2.45) is 4.99 Å². The van der Waals surface area contributed by atoms with Crippen LogP contribution in [-0.4, -0.2) is 57.5 Å². The van der Waals surface area contributed by atoms with Gasteiger partial charge >= 0.3 is 0 Å². The number of aromatic nitrogens is 2. The standard InChI is InChI=1S/C16H21N5S/c1-16(2)11-17-15(22-16)21-9-7-20(8-10-21)14-18-12-5-3-4-6-13(12)19-14/h3-6H,7-11H2,1-2H3,(H,18,19). The Balaban J connectivity index is 1.43. The van der Waals surface area contributed by atoms with Crippen LogP contribution in [0.2, 0.25) is 0 Å². The first-order valence-corrected chi connectivity index (χ1v) is 8.60. The molecular weight excluding hydrogens is 294 g/mol. The summed E-state index contributed by atoms with van der Waals surface area (Å²) in [5, 5.41) is 1.22. The van der Waals surface area contributed by atoms with Crippen molar-refractivity contribution >= 4 is 33.9 Å². The molecule has 0 saturated carbocycles. The maximum absolute atomic E-state index is 4.71. The number of thioether (sulfide) groups is 1. The van der Waals surface area contributed by atoms with Crippen molar-refractivity contribution < 1.29 is 0 Å². The van der Waals surface area contributed by atoms with E-state index in [1.165, 1.54) is 5.17 Å². The van der Waals surface area contributed by atoms with Gasteiger partial charge in [-0.15, -0.1) is 0 Å². The van der Waals surface area contributed by atoms with E-state index < -0.39 is 0 Å². The Kier molecular flexibility index (Phi) is 3.29. The third-order valence-corrected chi connectivity index (χ3v) is 5.44. The molecular formula is C16H21N5S. The average molecular weight is 315 g/mol. The number of hydrogen-bond donors (Lipinski definition) is 1. The lowest BCUT2D eigenvalue weighted by atomic mass is 10.2. The van der Waals surface area contributed by atoms with Crippen molar-refractivity contribution in [3.8, 4) is 0 Å². The van der Waals surface area contributed by atoms with E-state index in [1.54, 1.807) is 0 Å². The summed E-state index contributed by atoms with van der Waals surface area (Å²) in [5.41, 5.74) is 2.15. The lowest BCUT2D eigenvalue weighted by molar-refractivity contribution is 0.390. The fourth-order valence-corrected chi connectivity index (χ4v) is 4.00. The molecule has 0 unspecified atom stereocenters. The van der Waals surface area contributed by atoms with E-state index in [1.807, 2.05) is 23.9 Å². The molecule has 5 nitrogen and oxygen atoms in total. The second kappa shape index (κ2) is 5.19. The lowest BCUT2D eigenvalue weighted by Gasteiger charge is -2.35. The van der Waals surface area contributed by atoms with Crippen LogP contribution in [0.5, 0.6) is 0 Å². The number of rotatable bonds is 1. The first kappa shape index (κ1) is 13.9. The Bertz CT molecular complexity index is 679. The molecule has 1 saturated heterocycles. The Labute approximate surface area is 134 Å². The van der Waals surface area contributed by atoms with Crippen LogP contribution in [0.3, 0.4) is 0 Å². The van der Waals surface area contributed by atoms with E-state index in [2.05, 4.69) is 40.8 Å². The van der Waals surface area contributed by atoms with E-state index in [0.717, 1.165) is 49.7 Å². The van der Waals surface area contributed by atoms with Crippen molar-refractivity contribution in [3.63, 3.8) is 0 Å². The molecule has 0 aliphatic carbocycles. The van der Waals surface area contributed by atoms with E-state index >= 15 is 0 Å². The number of hydrogen-bond acceptors (Lipinski definition) is 5. The number of H-pyrrole nitrogens is 1. The molecule has 2 aliphatic rings. The molecule has 0 atom stereocenters. The highest BCUT2D eigenvalue weighted by atomic mass is 32.2. The van der Waals surface area contributed by atoms with Gasteiger partial charge in [-0.2, -0.15) is 0 Å². The SMILES string of the molecule is CC1(C)CN=C(N2CCN(c3nc4ccccc4[nH]3)CC2)S1. The van der Waals surface area contributed by atoms with Gasteiger partial charge in [0.15, 0.2) is 5.17 Å². The van der Waals surface area contributed by atoms with E-state index in [9.17, 15) is 0 Å². The summed E-state index contributed by atoms with van der Waals surface area (Å²) in [5.74, 6) is 0.988. The van der Waals surface area contributed by atoms with Crippen molar-refractivity contribution in [1.82, 2.24) is 14.9 Å². The third-order valence-electron chi connectivity index (χ3n) is 4.19. The maximum Gasteiger partial charge on any atom is 0.203 e. The van der Waals surface area contributed by atoms with E-state index in [-0.39, 0.29) is 4.75 Å². The van der Waals surface area contributed by atoms with Crippen molar-refractivity contribution in [2.75, 3.05) is 37.6 Å². The highest BCUT2D eigenvalue weighted by Gasteiger charge is 2.31. The van der Waals surface area contributed by atoms with Crippen LogP contribution in [0.1, 0.15) is 13.8 Å². The lowest BCUT2D eigenvalue weighted by Crippen LogP contribution is -2.48. The largest absolute Gasteiger partial charge is 0.348 e. The zero-order valence-electron chi connectivity index (χ0n) is 13.0. The minimum absolute atomic E-state index is 0.255. The molecule has 4 rings (SSSR count). The van der Waals surface area contributed by atoms with Gasteiger partial charge in [0.25, 0.3) is 0 Å². The first-order valence-electron chi connectivity index (χ1n) is 7.79. The second-order valence-electron chi connectivity index (χ2n) is 6.51. The van der Waals surface area contributed by atoms with Crippen LogP contribution >= 0.6 is 11.8 Å². The van der Waals surface area contributed by atoms with E-state index in [0.29, 0.717) is 0 Å². The Morgan fingerprint density at radius 2 is 1.82 bits per heavy atom. The number of benzene rings is 1. The van der Waals surface area contributed by atoms with Crippen LogP contribution in [0.4, 0.5) is 5.95 Å². The van der Waals surface area contributed by atoms with Gasteiger partial charge in [0.05, 0.1) is 17.6 Å². The average Bonchev–Trinajstić information content (AvgIpc) is 3.10. The summed E-state index contributed by atoms with van der Waals surface area (Å²) in [7, 11) is 0. The fourth-order valence-electron chi connectivity index (χ4n) is 2.93. The monoisotopic (exact) mass is 315 g/mol. The molecule has 0 radical (unpaired) electrons. The molecule has 3 heterocycles. The Morgan fingerprint density at radius 1 is 1.09 bits per heavy atom. The molecule has 0 spiro atoms. The van der Waals surface area contributed by atoms with Crippen LogP contribution in [0.25, 0.3) is 11.0 Å². The van der Waals surface area contributed by atoms with Gasteiger partial charge in [0.2, 0.25) is 5.95 Å². The van der Waals surface area contributed by atoms with E-state index in [4.69, 9.17) is 9.98 Å². The van der Waals surface area contributed by atoms with Crippen molar-refractivity contribution in [1.29, 1.82) is 0 Å². The fraction of sp³-hybridized carbons (Fsp3) is 0.500. The van der Waals surface area contributed by atoms with Gasteiger partial charge in [-0.25, -0.2) is 4.98 Å². The van der Waals surface area contributed by atoms with Gasteiger partial charge in [-0.3, -0.25) is 4.99 Å². The predicted molar refractivity (Wildman–Crippen MR) is 93.9 cm³/mol. The molecule has 2 aromatic rings. The zero-order chi connectivity index (χ0) is 15.2. The predicted octanol–water partition coefficient (Wildman–Crippen LogP) is 2.57. The molecule has 0 amide bonds. The molecule has 1 aromatic carbocycles. The zero-order valence-corrected chi connectivity index (χ0v) is 13.9. The number of imidazole rings is 1. The minimum atomic E-state index is 0.255. The number of fused-ring (bicyclic) bond motifs is 1. The number of amidine groups is 1. The van der Waals surface area contributed by atoms with Gasteiger partial charge in [0, 0.05) is 30.9 Å². The molecule has 2 aliphatic heterocycles. The highest BCUT2D eigenvalue weighted by molar-refractivity contribution is 8.15. The topological polar surface area (TPSA) is 47.5 Å². The quantitative estimate of drug-likeness (QED) is 0.878. The van der Waals surface area contributed by atoms with Crippen LogP contribution in [0.15, 0.2) is 29.3 Å².